The zero-order chi connectivity index (χ0) is 10.1. The van der Waals surface area contributed by atoms with Crippen molar-refractivity contribution in [1.29, 1.82) is 0 Å². The van der Waals surface area contributed by atoms with Gasteiger partial charge in [0.05, 0.1) is 0 Å². The molecular weight excluding hydrogens is 211 g/mol. The summed E-state index contributed by atoms with van der Waals surface area (Å²) in [5.74, 6) is -0.522. The lowest BCUT2D eigenvalue weighted by molar-refractivity contribution is 0.128. The van der Waals surface area contributed by atoms with E-state index in [1.54, 1.807) is 0 Å². The molecule has 1 unspecified atom stereocenters. The van der Waals surface area contributed by atoms with Crippen molar-refractivity contribution in [1.82, 2.24) is 10.9 Å². The first-order valence-corrected chi connectivity index (χ1v) is 4.22. The monoisotopic (exact) mass is 216 g/mol. The number of amides is 1. The number of rotatable bonds is 1. The molecule has 1 aliphatic rings. The molecule has 1 aromatic carbocycles. The van der Waals surface area contributed by atoms with Crippen LogP contribution in [0.15, 0.2) is 18.2 Å². The van der Waals surface area contributed by atoms with Crippen molar-refractivity contribution < 1.29 is 13.9 Å². The van der Waals surface area contributed by atoms with Crippen LogP contribution in [-0.2, 0) is 4.74 Å². The second-order valence-corrected chi connectivity index (χ2v) is 3.16. The molecule has 1 heterocycles. The van der Waals surface area contributed by atoms with Crippen LogP contribution in [0.4, 0.5) is 9.18 Å². The molecule has 0 aromatic heterocycles. The van der Waals surface area contributed by atoms with E-state index in [4.69, 9.17) is 16.3 Å². The predicted molar refractivity (Wildman–Crippen MR) is 46.9 cm³/mol. The summed E-state index contributed by atoms with van der Waals surface area (Å²) >= 11 is 5.57. The van der Waals surface area contributed by atoms with Crippen molar-refractivity contribution in [2.45, 2.75) is 6.23 Å². The fourth-order valence-electron chi connectivity index (χ4n) is 1.15. The quantitative estimate of drug-likeness (QED) is 0.752. The number of halogens is 2. The molecule has 1 aromatic rings. The molecule has 0 aliphatic carbocycles. The van der Waals surface area contributed by atoms with E-state index in [1.165, 1.54) is 12.1 Å². The van der Waals surface area contributed by atoms with E-state index >= 15 is 0 Å². The Morgan fingerprint density at radius 2 is 2.29 bits per heavy atom. The number of carbonyl (C=O) groups excluding carboxylic acids is 1. The third-order valence-corrected chi connectivity index (χ3v) is 2.01. The van der Waals surface area contributed by atoms with Crippen LogP contribution in [0.3, 0.4) is 0 Å². The van der Waals surface area contributed by atoms with Gasteiger partial charge in [0.25, 0.3) is 0 Å². The first-order chi connectivity index (χ1) is 6.66. The first-order valence-electron chi connectivity index (χ1n) is 3.84. The van der Waals surface area contributed by atoms with Gasteiger partial charge in [-0.25, -0.2) is 9.18 Å². The van der Waals surface area contributed by atoms with Gasteiger partial charge in [0, 0.05) is 10.6 Å². The largest absolute Gasteiger partial charge is 0.423 e. The summed E-state index contributed by atoms with van der Waals surface area (Å²) in [4.78, 5) is 10.7. The van der Waals surface area contributed by atoms with Crippen molar-refractivity contribution in [3.63, 3.8) is 0 Å². The summed E-state index contributed by atoms with van der Waals surface area (Å²) in [6, 6.07) is 4.13. The number of ether oxygens (including phenoxy) is 1. The van der Waals surface area contributed by atoms with Crippen LogP contribution in [0.25, 0.3) is 0 Å². The normalized spacial score (nSPS) is 20.4. The Labute approximate surface area is 84.0 Å². The fourth-order valence-corrected chi connectivity index (χ4v) is 1.30. The SMILES string of the molecule is O=C1NNC(c2ccc(Cl)cc2F)O1. The summed E-state index contributed by atoms with van der Waals surface area (Å²) < 4.78 is 18.0. The summed E-state index contributed by atoms with van der Waals surface area (Å²) in [5.41, 5.74) is 4.91. The van der Waals surface area contributed by atoms with Gasteiger partial charge >= 0.3 is 6.09 Å². The smallest absolute Gasteiger partial charge is 0.423 e. The van der Waals surface area contributed by atoms with Crippen molar-refractivity contribution >= 4 is 17.7 Å². The van der Waals surface area contributed by atoms with Gasteiger partial charge in [-0.15, -0.1) is 0 Å². The van der Waals surface area contributed by atoms with Crippen LogP contribution >= 0.6 is 11.6 Å². The first kappa shape index (κ1) is 9.23. The molecule has 1 aliphatic heterocycles. The molecule has 2 N–H and O–H groups in total. The van der Waals surface area contributed by atoms with E-state index in [-0.39, 0.29) is 5.56 Å². The van der Waals surface area contributed by atoms with Gasteiger partial charge in [0.15, 0.2) is 0 Å². The van der Waals surface area contributed by atoms with E-state index in [0.29, 0.717) is 5.02 Å². The van der Waals surface area contributed by atoms with Gasteiger partial charge in [-0.3, -0.25) is 5.43 Å². The topological polar surface area (TPSA) is 50.4 Å². The molecule has 0 saturated carbocycles. The highest BCUT2D eigenvalue weighted by atomic mass is 35.5. The van der Waals surface area contributed by atoms with Crippen LogP contribution in [0.5, 0.6) is 0 Å². The molecule has 1 amide bonds. The Bertz CT molecular complexity index is 386. The number of nitrogens with one attached hydrogen (secondary N) is 2. The standard InChI is InChI=1S/C8H6ClFN2O2/c9-4-1-2-5(6(10)3-4)7-11-12-8(13)14-7/h1-3,7,11H,(H,12,13). The van der Waals surface area contributed by atoms with E-state index in [2.05, 4.69) is 10.9 Å². The van der Waals surface area contributed by atoms with Crippen LogP contribution in [0.1, 0.15) is 11.8 Å². The van der Waals surface area contributed by atoms with Gasteiger partial charge in [0.1, 0.15) is 5.82 Å². The maximum atomic E-state index is 13.3. The Morgan fingerprint density at radius 3 is 2.86 bits per heavy atom. The highest BCUT2D eigenvalue weighted by molar-refractivity contribution is 6.30. The Hall–Kier alpha value is -1.33. The molecular formula is C8H6ClFN2O2. The van der Waals surface area contributed by atoms with Crippen LogP contribution < -0.4 is 10.9 Å². The van der Waals surface area contributed by atoms with Gasteiger partial charge in [0.2, 0.25) is 6.23 Å². The number of cyclic esters (lactones) is 1. The average molecular weight is 217 g/mol. The number of hydrogen-bond acceptors (Lipinski definition) is 3. The van der Waals surface area contributed by atoms with Crippen molar-refractivity contribution in [3.05, 3.63) is 34.6 Å². The lowest BCUT2D eigenvalue weighted by Gasteiger charge is -2.08. The van der Waals surface area contributed by atoms with E-state index < -0.39 is 18.1 Å². The highest BCUT2D eigenvalue weighted by Gasteiger charge is 2.25. The lowest BCUT2D eigenvalue weighted by Crippen LogP contribution is -2.27. The zero-order valence-electron chi connectivity index (χ0n) is 6.88. The van der Waals surface area contributed by atoms with Crippen molar-refractivity contribution in [2.75, 3.05) is 0 Å². The molecule has 14 heavy (non-hydrogen) atoms. The summed E-state index contributed by atoms with van der Waals surface area (Å²) in [6.45, 7) is 0. The number of hydrogen-bond donors (Lipinski definition) is 2. The molecule has 0 radical (unpaired) electrons. The van der Waals surface area contributed by atoms with E-state index in [0.717, 1.165) is 6.07 Å². The molecule has 1 atom stereocenters. The second-order valence-electron chi connectivity index (χ2n) is 2.72. The maximum absolute atomic E-state index is 13.3. The molecule has 1 saturated heterocycles. The fraction of sp³-hybridized carbons (Fsp3) is 0.125. The number of hydrazine groups is 1. The Kier molecular flexibility index (Phi) is 2.26. The lowest BCUT2D eigenvalue weighted by atomic mass is 10.2. The number of benzene rings is 1. The van der Waals surface area contributed by atoms with E-state index in [9.17, 15) is 9.18 Å². The van der Waals surface area contributed by atoms with Gasteiger partial charge < -0.3 is 4.74 Å². The average Bonchev–Trinajstić information content (AvgIpc) is 2.51. The minimum absolute atomic E-state index is 0.229. The van der Waals surface area contributed by atoms with Crippen molar-refractivity contribution in [3.8, 4) is 0 Å². The minimum atomic E-state index is -0.806. The molecule has 6 heteroatoms. The predicted octanol–water partition coefficient (Wildman–Crippen LogP) is 1.72. The zero-order valence-corrected chi connectivity index (χ0v) is 7.64. The van der Waals surface area contributed by atoms with Gasteiger partial charge in [-0.05, 0) is 18.2 Å². The third kappa shape index (κ3) is 1.64. The molecule has 1 fully saturated rings. The van der Waals surface area contributed by atoms with Crippen LogP contribution in [0, 0.1) is 5.82 Å². The molecule has 0 bridgehead atoms. The van der Waals surface area contributed by atoms with Gasteiger partial charge in [-0.1, -0.05) is 11.6 Å². The third-order valence-electron chi connectivity index (χ3n) is 1.78. The van der Waals surface area contributed by atoms with Crippen LogP contribution in [0.2, 0.25) is 5.02 Å². The van der Waals surface area contributed by atoms with Gasteiger partial charge in [-0.2, -0.15) is 5.43 Å². The highest BCUT2D eigenvalue weighted by Crippen LogP contribution is 2.22. The van der Waals surface area contributed by atoms with Crippen LogP contribution in [-0.4, -0.2) is 6.09 Å². The van der Waals surface area contributed by atoms with E-state index in [1.807, 2.05) is 0 Å². The Morgan fingerprint density at radius 1 is 1.50 bits per heavy atom. The Balaban J connectivity index is 2.28. The summed E-state index contributed by atoms with van der Waals surface area (Å²) in [7, 11) is 0. The van der Waals surface area contributed by atoms with Crippen molar-refractivity contribution in [2.24, 2.45) is 0 Å². The number of carbonyl (C=O) groups is 1. The molecule has 0 spiro atoms. The minimum Gasteiger partial charge on any atom is -0.423 e. The molecule has 2 rings (SSSR count). The summed E-state index contributed by atoms with van der Waals surface area (Å²) in [5, 5.41) is 0.295. The molecule has 4 nitrogen and oxygen atoms in total. The summed E-state index contributed by atoms with van der Waals surface area (Å²) in [6.07, 6.45) is -1.44. The second kappa shape index (κ2) is 3.43. The maximum Gasteiger partial charge on any atom is 0.423 e. The molecule has 74 valence electrons.